The molecule has 0 bridgehead atoms. The van der Waals surface area contributed by atoms with Crippen molar-refractivity contribution < 1.29 is 4.79 Å². The Labute approximate surface area is 129 Å². The van der Waals surface area contributed by atoms with Crippen molar-refractivity contribution in [3.8, 4) is 0 Å². The molecule has 1 fully saturated rings. The molecule has 0 aromatic rings. The second kappa shape index (κ2) is 9.67. The number of nitrogens with zero attached hydrogens (tertiary/aromatic N) is 2. The first-order chi connectivity index (χ1) is 9.63. The highest BCUT2D eigenvalue weighted by molar-refractivity contribution is 8.00. The number of likely N-dealkylation sites (N-methyl/N-ethyl adjacent to an activating group) is 2. The number of likely N-dealkylation sites (tertiary alicyclic amines) is 1. The molecular weight excluding hydrogens is 268 g/mol. The molecule has 0 aliphatic carbocycles. The Morgan fingerprint density at radius 1 is 1.40 bits per heavy atom. The first-order valence-electron chi connectivity index (χ1n) is 8.28. The molecule has 0 unspecified atom stereocenters. The Bertz CT molecular complexity index is 286. The van der Waals surface area contributed by atoms with Crippen LogP contribution in [0.15, 0.2) is 0 Å². The summed E-state index contributed by atoms with van der Waals surface area (Å²) < 4.78 is 0. The van der Waals surface area contributed by atoms with Gasteiger partial charge in [-0.15, -0.1) is 11.8 Å². The average Bonchev–Trinajstić information content (AvgIpc) is 2.91. The van der Waals surface area contributed by atoms with Crippen LogP contribution >= 0.6 is 11.8 Å². The second-order valence-electron chi connectivity index (χ2n) is 5.67. The number of rotatable bonds is 9. The topological polar surface area (TPSA) is 23.6 Å². The lowest BCUT2D eigenvalue weighted by atomic mass is 10.2. The van der Waals surface area contributed by atoms with Crippen LogP contribution in [0.5, 0.6) is 0 Å². The highest BCUT2D eigenvalue weighted by Gasteiger charge is 2.28. The van der Waals surface area contributed by atoms with E-state index in [0.29, 0.717) is 11.9 Å². The predicted octanol–water partition coefficient (Wildman–Crippen LogP) is 3.24. The third-order valence-corrected chi connectivity index (χ3v) is 5.47. The molecule has 118 valence electrons. The number of thioether (sulfide) groups is 1. The van der Waals surface area contributed by atoms with Gasteiger partial charge < -0.3 is 4.90 Å². The molecule has 1 saturated heterocycles. The third-order valence-electron chi connectivity index (χ3n) is 4.24. The van der Waals surface area contributed by atoms with Crippen molar-refractivity contribution in [1.82, 2.24) is 9.80 Å². The van der Waals surface area contributed by atoms with Gasteiger partial charge in [0.15, 0.2) is 0 Å². The van der Waals surface area contributed by atoms with Crippen molar-refractivity contribution >= 4 is 17.7 Å². The van der Waals surface area contributed by atoms with Crippen LogP contribution in [-0.4, -0.2) is 58.9 Å². The summed E-state index contributed by atoms with van der Waals surface area (Å²) in [6.45, 7) is 12.7. The van der Waals surface area contributed by atoms with E-state index in [-0.39, 0.29) is 5.25 Å². The lowest BCUT2D eigenvalue weighted by Crippen LogP contribution is -2.45. The summed E-state index contributed by atoms with van der Waals surface area (Å²) in [4.78, 5) is 17.1. The average molecular weight is 301 g/mol. The number of carbonyl (C=O) groups is 1. The molecule has 0 aromatic heterocycles. The zero-order chi connectivity index (χ0) is 15.0. The third kappa shape index (κ3) is 5.28. The van der Waals surface area contributed by atoms with E-state index in [9.17, 15) is 4.79 Å². The number of hydrogen-bond donors (Lipinski definition) is 0. The van der Waals surface area contributed by atoms with Crippen LogP contribution in [0.3, 0.4) is 0 Å². The van der Waals surface area contributed by atoms with E-state index in [0.717, 1.165) is 25.4 Å². The number of amides is 1. The molecule has 1 rings (SSSR count). The largest absolute Gasteiger partial charge is 0.340 e. The minimum atomic E-state index is 0.109. The molecule has 3 nitrogen and oxygen atoms in total. The molecule has 1 amide bonds. The van der Waals surface area contributed by atoms with Crippen molar-refractivity contribution in [2.24, 2.45) is 0 Å². The summed E-state index contributed by atoms with van der Waals surface area (Å²) in [7, 11) is 0. The Kier molecular flexibility index (Phi) is 8.62. The van der Waals surface area contributed by atoms with Gasteiger partial charge in [-0.3, -0.25) is 9.69 Å². The Morgan fingerprint density at radius 3 is 2.75 bits per heavy atom. The molecule has 1 aliphatic rings. The first-order valence-corrected chi connectivity index (χ1v) is 9.33. The van der Waals surface area contributed by atoms with Gasteiger partial charge in [0.25, 0.3) is 0 Å². The van der Waals surface area contributed by atoms with E-state index in [1.165, 1.54) is 32.2 Å². The maximum Gasteiger partial charge on any atom is 0.235 e. The van der Waals surface area contributed by atoms with Crippen molar-refractivity contribution in [3.63, 3.8) is 0 Å². The van der Waals surface area contributed by atoms with E-state index in [2.05, 4.69) is 37.5 Å². The van der Waals surface area contributed by atoms with E-state index in [4.69, 9.17) is 0 Å². The fourth-order valence-electron chi connectivity index (χ4n) is 2.88. The first kappa shape index (κ1) is 17.8. The van der Waals surface area contributed by atoms with Crippen LogP contribution in [0.2, 0.25) is 0 Å². The molecule has 0 spiro atoms. The quantitative estimate of drug-likeness (QED) is 0.611. The van der Waals surface area contributed by atoms with Crippen molar-refractivity contribution in [2.75, 3.05) is 31.9 Å². The maximum atomic E-state index is 12.5. The summed E-state index contributed by atoms with van der Waals surface area (Å²) in [5.74, 6) is 1.43. The molecule has 20 heavy (non-hydrogen) atoms. The van der Waals surface area contributed by atoms with Gasteiger partial charge in [0, 0.05) is 19.1 Å². The summed E-state index contributed by atoms with van der Waals surface area (Å²) in [6, 6.07) is 0.580. The lowest BCUT2D eigenvalue weighted by molar-refractivity contribution is -0.130. The van der Waals surface area contributed by atoms with E-state index < -0.39 is 0 Å². The smallest absolute Gasteiger partial charge is 0.235 e. The molecule has 4 heteroatoms. The molecule has 0 N–H and O–H groups in total. The number of unbranched alkanes of at least 4 members (excludes halogenated alkanes) is 1. The standard InChI is InChI=1S/C16H32N2OS/c1-5-8-12-20-14(4)16(19)18(7-3)13-15-10-9-11-17(15)6-2/h14-15H,5-13H2,1-4H3/t14-,15-/m0/s1. The van der Waals surface area contributed by atoms with Gasteiger partial charge in [-0.25, -0.2) is 0 Å². The van der Waals surface area contributed by atoms with Crippen LogP contribution in [0, 0.1) is 0 Å². The molecular formula is C16H32N2OS. The molecule has 0 saturated carbocycles. The summed E-state index contributed by atoms with van der Waals surface area (Å²) in [6.07, 6.45) is 4.94. The number of carbonyl (C=O) groups excluding carboxylic acids is 1. The van der Waals surface area contributed by atoms with Gasteiger partial charge >= 0.3 is 0 Å². The lowest BCUT2D eigenvalue weighted by Gasteiger charge is -2.31. The van der Waals surface area contributed by atoms with E-state index >= 15 is 0 Å². The van der Waals surface area contributed by atoms with Crippen molar-refractivity contribution in [2.45, 2.75) is 64.7 Å². The molecule has 1 heterocycles. The number of hydrogen-bond acceptors (Lipinski definition) is 3. The fourth-order valence-corrected chi connectivity index (χ4v) is 3.98. The van der Waals surface area contributed by atoms with Gasteiger partial charge in [0.2, 0.25) is 5.91 Å². The van der Waals surface area contributed by atoms with Gasteiger partial charge in [-0.2, -0.15) is 0 Å². The van der Waals surface area contributed by atoms with Crippen molar-refractivity contribution in [3.05, 3.63) is 0 Å². The Morgan fingerprint density at radius 2 is 2.15 bits per heavy atom. The van der Waals surface area contributed by atoms with Gasteiger partial charge in [0.05, 0.1) is 5.25 Å². The van der Waals surface area contributed by atoms with Gasteiger partial charge in [-0.05, 0) is 52.0 Å². The molecule has 0 aromatic carbocycles. The van der Waals surface area contributed by atoms with Crippen LogP contribution in [0.25, 0.3) is 0 Å². The molecule has 0 radical (unpaired) electrons. The molecule has 2 atom stereocenters. The highest BCUT2D eigenvalue weighted by atomic mass is 32.2. The monoisotopic (exact) mass is 300 g/mol. The van der Waals surface area contributed by atoms with Gasteiger partial charge in [-0.1, -0.05) is 20.3 Å². The highest BCUT2D eigenvalue weighted by Crippen LogP contribution is 2.20. The van der Waals surface area contributed by atoms with Crippen molar-refractivity contribution in [1.29, 1.82) is 0 Å². The fraction of sp³-hybridized carbons (Fsp3) is 0.938. The minimum Gasteiger partial charge on any atom is -0.340 e. The van der Waals surface area contributed by atoms with Crippen LogP contribution in [0.1, 0.15) is 53.4 Å². The normalized spacial score (nSPS) is 21.1. The zero-order valence-electron chi connectivity index (χ0n) is 13.7. The Balaban J connectivity index is 2.45. The van der Waals surface area contributed by atoms with Crippen LogP contribution in [-0.2, 0) is 4.79 Å². The minimum absolute atomic E-state index is 0.109. The molecule has 1 aliphatic heterocycles. The van der Waals surface area contributed by atoms with Gasteiger partial charge in [0.1, 0.15) is 0 Å². The van der Waals surface area contributed by atoms with Crippen LogP contribution < -0.4 is 0 Å². The van der Waals surface area contributed by atoms with E-state index in [1.807, 2.05) is 11.8 Å². The predicted molar refractivity (Wildman–Crippen MR) is 89.4 cm³/mol. The summed E-state index contributed by atoms with van der Waals surface area (Å²) in [5, 5.41) is 0.109. The SMILES string of the molecule is CCCCS[C@@H](C)C(=O)N(CC)C[C@@H]1CCCN1CC. The maximum absolute atomic E-state index is 12.5. The second-order valence-corrected chi connectivity index (χ2v) is 7.12. The van der Waals surface area contributed by atoms with Crippen LogP contribution in [0.4, 0.5) is 0 Å². The van der Waals surface area contributed by atoms with E-state index in [1.54, 1.807) is 0 Å². The zero-order valence-corrected chi connectivity index (χ0v) is 14.5. The Hall–Kier alpha value is -0.220. The summed E-state index contributed by atoms with van der Waals surface area (Å²) in [5.41, 5.74) is 0. The summed E-state index contributed by atoms with van der Waals surface area (Å²) >= 11 is 1.81.